The Bertz CT molecular complexity index is 756. The van der Waals surface area contributed by atoms with Crippen LogP contribution in [0.15, 0.2) is 0 Å². The normalized spacial score (nSPS) is 48.9. The van der Waals surface area contributed by atoms with Crippen LogP contribution >= 0.6 is 0 Å². The number of carbonyl (C=O) groups excluding carboxylic acids is 2. The number of primary amides is 1. The Morgan fingerprint density at radius 2 is 1.80 bits per heavy atom. The fraction of sp³-hybridized carbons (Fsp3) is 0.905. The fourth-order valence-corrected chi connectivity index (χ4v) is 6.26. The summed E-state index contributed by atoms with van der Waals surface area (Å²) in [4.78, 5) is 37.6. The van der Waals surface area contributed by atoms with Crippen molar-refractivity contribution in [2.75, 3.05) is 13.1 Å². The zero-order valence-corrected chi connectivity index (χ0v) is 18.1. The molecule has 2 amide bonds. The first kappa shape index (κ1) is 20.5. The molecule has 9 heteroatoms. The summed E-state index contributed by atoms with van der Waals surface area (Å²) in [5.74, 6) is -0.543. The van der Waals surface area contributed by atoms with Gasteiger partial charge in [-0.1, -0.05) is 13.8 Å². The first-order valence-electron chi connectivity index (χ1n) is 11.0. The molecule has 0 aromatic rings. The number of nitrogens with two attached hydrogens (primary N) is 1. The van der Waals surface area contributed by atoms with Gasteiger partial charge in [-0.2, -0.15) is 0 Å². The quantitative estimate of drug-likeness (QED) is 0.676. The number of hydrogen-bond acceptors (Lipinski definition) is 7. The molecule has 6 rings (SSSR count). The van der Waals surface area contributed by atoms with E-state index in [0.29, 0.717) is 5.92 Å². The maximum atomic E-state index is 12.7. The predicted octanol–water partition coefficient (Wildman–Crippen LogP) is 2.14. The molecule has 30 heavy (non-hydrogen) atoms. The summed E-state index contributed by atoms with van der Waals surface area (Å²) in [5.41, 5.74) is 4.04. The van der Waals surface area contributed by atoms with Crippen molar-refractivity contribution in [2.45, 2.75) is 77.3 Å². The minimum atomic E-state index is -0.868. The van der Waals surface area contributed by atoms with Crippen molar-refractivity contribution in [1.29, 1.82) is 0 Å². The van der Waals surface area contributed by atoms with Gasteiger partial charge in [0.05, 0.1) is 5.41 Å². The van der Waals surface area contributed by atoms with E-state index in [9.17, 15) is 9.59 Å². The van der Waals surface area contributed by atoms with Crippen molar-refractivity contribution < 1.29 is 33.6 Å². The Hall–Kier alpha value is -1.42. The lowest BCUT2D eigenvalue weighted by Crippen LogP contribution is -2.71. The summed E-state index contributed by atoms with van der Waals surface area (Å²) >= 11 is 0. The molecule has 8 atom stereocenters. The van der Waals surface area contributed by atoms with Crippen LogP contribution in [0.4, 0.5) is 4.79 Å². The summed E-state index contributed by atoms with van der Waals surface area (Å²) in [5, 5.41) is 0. The molecule has 1 saturated carbocycles. The zero-order valence-electron chi connectivity index (χ0n) is 18.1. The largest absolute Gasteiger partial charge is 0.419 e. The van der Waals surface area contributed by atoms with E-state index in [2.05, 4.69) is 6.92 Å². The maximum Gasteiger partial charge on any atom is 0.412 e. The highest BCUT2D eigenvalue weighted by atomic mass is 17.3. The fourth-order valence-electron chi connectivity index (χ4n) is 6.26. The molecule has 2 N–H and O–H groups in total. The summed E-state index contributed by atoms with van der Waals surface area (Å²) in [7, 11) is 0. The maximum absolute atomic E-state index is 12.7. The number of likely N-dealkylation sites (tertiary alicyclic amines) is 1. The lowest BCUT2D eigenvalue weighted by atomic mass is 9.58. The summed E-state index contributed by atoms with van der Waals surface area (Å²) < 4.78 is 18.3. The third kappa shape index (κ3) is 2.75. The molecule has 6 aliphatic rings. The van der Waals surface area contributed by atoms with Crippen molar-refractivity contribution in [3.63, 3.8) is 0 Å². The van der Waals surface area contributed by atoms with Gasteiger partial charge in [0.25, 0.3) is 0 Å². The molecule has 0 aromatic heterocycles. The molecule has 1 aliphatic carbocycles. The van der Waals surface area contributed by atoms with E-state index in [4.69, 9.17) is 29.7 Å². The Balaban J connectivity index is 1.36. The van der Waals surface area contributed by atoms with Crippen LogP contribution in [-0.4, -0.2) is 54.0 Å². The molecule has 0 unspecified atom stereocenters. The molecular weight excluding hydrogens is 392 g/mol. The SMILES string of the molecule is C[C@H]1[C@@H](OC(=O)N2CC(C)(C(N)=O)C2)O[C@@H]2O[C@@]3(C)CC[C@H]4[C@H](C)CC[C@@H]1[C@@]24OO3. The minimum Gasteiger partial charge on any atom is -0.419 e. The van der Waals surface area contributed by atoms with Crippen LogP contribution in [0.1, 0.15) is 53.4 Å². The van der Waals surface area contributed by atoms with Gasteiger partial charge in [-0.25, -0.2) is 14.6 Å². The smallest absolute Gasteiger partial charge is 0.412 e. The lowest BCUT2D eigenvalue weighted by molar-refractivity contribution is -0.576. The van der Waals surface area contributed by atoms with E-state index in [1.165, 1.54) is 4.90 Å². The van der Waals surface area contributed by atoms with Gasteiger partial charge in [-0.15, -0.1) is 0 Å². The van der Waals surface area contributed by atoms with Crippen LogP contribution in [0.2, 0.25) is 0 Å². The molecule has 1 spiro atoms. The second-order valence-corrected chi connectivity index (χ2v) is 10.4. The van der Waals surface area contributed by atoms with Crippen molar-refractivity contribution in [2.24, 2.45) is 34.8 Å². The van der Waals surface area contributed by atoms with Gasteiger partial charge in [0, 0.05) is 31.3 Å². The summed E-state index contributed by atoms with van der Waals surface area (Å²) in [6.45, 7) is 8.41. The van der Waals surface area contributed by atoms with E-state index >= 15 is 0 Å². The molecule has 168 valence electrons. The first-order valence-corrected chi connectivity index (χ1v) is 11.0. The van der Waals surface area contributed by atoms with E-state index in [0.717, 1.165) is 25.7 Å². The molecule has 5 heterocycles. The number of fused-ring (bicyclic) bond motifs is 2. The first-order chi connectivity index (χ1) is 14.1. The molecule has 5 aliphatic heterocycles. The Kier molecular flexibility index (Phi) is 4.47. The molecule has 0 radical (unpaired) electrons. The van der Waals surface area contributed by atoms with E-state index in [1.54, 1.807) is 6.92 Å². The van der Waals surface area contributed by atoms with Crippen molar-refractivity contribution in [3.05, 3.63) is 0 Å². The average Bonchev–Trinajstić information content (AvgIpc) is 2.89. The van der Waals surface area contributed by atoms with Crippen LogP contribution in [-0.2, 0) is 28.8 Å². The Morgan fingerprint density at radius 1 is 1.07 bits per heavy atom. The number of ether oxygens (including phenoxy) is 3. The highest BCUT2D eigenvalue weighted by Gasteiger charge is 2.70. The number of hydrogen-bond donors (Lipinski definition) is 1. The molecule has 0 aromatic carbocycles. The van der Waals surface area contributed by atoms with Gasteiger partial charge >= 0.3 is 6.09 Å². The molecule has 2 bridgehead atoms. The van der Waals surface area contributed by atoms with Crippen LogP contribution < -0.4 is 5.73 Å². The van der Waals surface area contributed by atoms with Gasteiger partial charge in [0.15, 0.2) is 11.9 Å². The minimum absolute atomic E-state index is 0.0846. The number of nitrogens with zero attached hydrogens (tertiary/aromatic N) is 1. The van der Waals surface area contributed by atoms with Crippen LogP contribution in [0.5, 0.6) is 0 Å². The second kappa shape index (κ2) is 6.54. The molecule has 6 fully saturated rings. The summed E-state index contributed by atoms with van der Waals surface area (Å²) in [6, 6.07) is 0. The molecule has 9 nitrogen and oxygen atoms in total. The van der Waals surface area contributed by atoms with E-state index in [-0.39, 0.29) is 30.8 Å². The van der Waals surface area contributed by atoms with E-state index in [1.807, 2.05) is 13.8 Å². The van der Waals surface area contributed by atoms with Crippen molar-refractivity contribution >= 4 is 12.0 Å². The number of amides is 2. The zero-order chi connectivity index (χ0) is 21.5. The predicted molar refractivity (Wildman–Crippen MR) is 102 cm³/mol. The third-order valence-corrected chi connectivity index (χ3v) is 8.25. The van der Waals surface area contributed by atoms with Gasteiger partial charge in [0.2, 0.25) is 18.0 Å². The standard InChI is InChI=1S/C21H32N2O7/c1-11-5-6-14-12(2)15(27-18(25)23-9-19(3,10-23)16(22)24)26-17-21(14)13(11)7-8-20(4,28-17)29-30-21/h11-15,17H,5-10H2,1-4H3,(H2,22,24)/t11-,12-,13+,14+,15-,17-,20-,21-/m1/s1. The van der Waals surface area contributed by atoms with Gasteiger partial charge in [-0.05, 0) is 44.9 Å². The monoisotopic (exact) mass is 424 g/mol. The van der Waals surface area contributed by atoms with E-state index < -0.39 is 41.4 Å². The molecule has 5 saturated heterocycles. The Labute approximate surface area is 176 Å². The van der Waals surface area contributed by atoms with Crippen LogP contribution in [0, 0.1) is 29.1 Å². The third-order valence-electron chi connectivity index (χ3n) is 8.25. The summed E-state index contributed by atoms with van der Waals surface area (Å²) in [6.07, 6.45) is 1.79. The highest BCUT2D eigenvalue weighted by Crippen LogP contribution is 2.60. The van der Waals surface area contributed by atoms with Crippen LogP contribution in [0.3, 0.4) is 0 Å². The average molecular weight is 424 g/mol. The van der Waals surface area contributed by atoms with Crippen molar-refractivity contribution in [3.8, 4) is 0 Å². The van der Waals surface area contributed by atoms with Gasteiger partial charge < -0.3 is 24.8 Å². The highest BCUT2D eigenvalue weighted by molar-refractivity contribution is 5.84. The Morgan fingerprint density at radius 3 is 2.50 bits per heavy atom. The second-order valence-electron chi connectivity index (χ2n) is 10.4. The molecular formula is C21H32N2O7. The van der Waals surface area contributed by atoms with Gasteiger partial charge in [0.1, 0.15) is 0 Å². The number of rotatable bonds is 2. The number of carbonyl (C=O) groups is 2. The topological polar surface area (TPSA) is 110 Å². The lowest BCUT2D eigenvalue weighted by Gasteiger charge is -2.60. The van der Waals surface area contributed by atoms with Crippen molar-refractivity contribution in [1.82, 2.24) is 4.90 Å². The van der Waals surface area contributed by atoms with Crippen LogP contribution in [0.25, 0.3) is 0 Å². The van der Waals surface area contributed by atoms with Gasteiger partial charge in [-0.3, -0.25) is 4.79 Å².